The standard InChI is InChI=1S/C21H29BrO5S/c1-19-8-7-15(22)20(2,18(25)26)13(19)6-9-21(11-23)14(19)5-4-12(10-16(21)28)17(24)27-3/h4,11,13-16,28H,5-10H2,1-3H3,(H,25,26). The Kier molecular flexibility index (Phi) is 5.83. The van der Waals surface area contributed by atoms with Gasteiger partial charge in [-0.05, 0) is 62.7 Å². The molecule has 1 N–H and O–H groups in total. The highest BCUT2D eigenvalue weighted by Crippen LogP contribution is 2.67. The summed E-state index contributed by atoms with van der Waals surface area (Å²) in [5.74, 6) is -1.27. The summed E-state index contributed by atoms with van der Waals surface area (Å²) in [5.41, 5.74) is -1.32. The number of aliphatic carboxylic acids is 1. The van der Waals surface area contributed by atoms with E-state index in [1.54, 1.807) is 0 Å². The van der Waals surface area contributed by atoms with Crippen molar-refractivity contribution in [2.75, 3.05) is 7.11 Å². The fourth-order valence-electron chi connectivity index (χ4n) is 6.47. The first-order valence-corrected chi connectivity index (χ1v) is 11.3. The van der Waals surface area contributed by atoms with Crippen LogP contribution in [0, 0.1) is 28.1 Å². The van der Waals surface area contributed by atoms with Crippen molar-refractivity contribution in [2.24, 2.45) is 28.1 Å². The number of aldehydes is 1. The van der Waals surface area contributed by atoms with Gasteiger partial charge in [0.2, 0.25) is 0 Å². The molecule has 28 heavy (non-hydrogen) atoms. The third-order valence-corrected chi connectivity index (χ3v) is 10.3. The third-order valence-electron chi connectivity index (χ3n) is 8.18. The Hall–Kier alpha value is -0.820. The summed E-state index contributed by atoms with van der Waals surface area (Å²) in [6, 6.07) is 0. The smallest absolute Gasteiger partial charge is 0.333 e. The number of esters is 1. The van der Waals surface area contributed by atoms with Gasteiger partial charge in [0.05, 0.1) is 12.5 Å². The highest BCUT2D eigenvalue weighted by molar-refractivity contribution is 9.09. The molecular formula is C21H29BrO5S. The molecule has 0 spiro atoms. The van der Waals surface area contributed by atoms with Crippen LogP contribution >= 0.6 is 28.6 Å². The minimum Gasteiger partial charge on any atom is -0.481 e. The number of methoxy groups -OCH3 is 1. The van der Waals surface area contributed by atoms with E-state index in [1.165, 1.54) is 7.11 Å². The van der Waals surface area contributed by atoms with E-state index in [9.17, 15) is 19.5 Å². The summed E-state index contributed by atoms with van der Waals surface area (Å²) in [7, 11) is 1.36. The third kappa shape index (κ3) is 2.91. The first-order chi connectivity index (χ1) is 13.1. The lowest BCUT2D eigenvalue weighted by Crippen LogP contribution is -2.62. The highest BCUT2D eigenvalue weighted by Gasteiger charge is 2.66. The van der Waals surface area contributed by atoms with E-state index >= 15 is 0 Å². The summed E-state index contributed by atoms with van der Waals surface area (Å²) >= 11 is 8.44. The highest BCUT2D eigenvalue weighted by atomic mass is 79.9. The summed E-state index contributed by atoms with van der Waals surface area (Å²) in [6.07, 6.45) is 6.76. The zero-order valence-corrected chi connectivity index (χ0v) is 19.1. The van der Waals surface area contributed by atoms with E-state index in [0.29, 0.717) is 31.3 Å². The molecule has 0 heterocycles. The first kappa shape index (κ1) is 21.9. The van der Waals surface area contributed by atoms with Gasteiger partial charge in [-0.25, -0.2) is 4.79 Å². The zero-order chi connectivity index (χ0) is 20.9. The monoisotopic (exact) mass is 472 g/mol. The fourth-order valence-corrected chi connectivity index (χ4v) is 7.78. The molecule has 0 amide bonds. The van der Waals surface area contributed by atoms with E-state index in [4.69, 9.17) is 17.4 Å². The van der Waals surface area contributed by atoms with Gasteiger partial charge in [-0.1, -0.05) is 28.9 Å². The van der Waals surface area contributed by atoms with Crippen LogP contribution in [0.15, 0.2) is 11.6 Å². The molecule has 3 aliphatic carbocycles. The number of halogens is 1. The topological polar surface area (TPSA) is 80.7 Å². The Balaban J connectivity index is 2.10. The van der Waals surface area contributed by atoms with Crippen LogP contribution < -0.4 is 0 Å². The lowest BCUT2D eigenvalue weighted by atomic mass is 9.42. The Labute approximate surface area is 180 Å². The Bertz CT molecular complexity index is 724. The molecule has 7 unspecified atom stereocenters. The van der Waals surface area contributed by atoms with Crippen molar-refractivity contribution in [1.82, 2.24) is 0 Å². The van der Waals surface area contributed by atoms with Crippen molar-refractivity contribution in [3.05, 3.63) is 11.6 Å². The number of hydrogen-bond donors (Lipinski definition) is 2. The van der Waals surface area contributed by atoms with E-state index in [1.807, 2.05) is 13.0 Å². The second kappa shape index (κ2) is 7.46. The van der Waals surface area contributed by atoms with Gasteiger partial charge in [0.15, 0.2) is 0 Å². The van der Waals surface area contributed by atoms with Crippen LogP contribution in [0.2, 0.25) is 0 Å². The minimum absolute atomic E-state index is 0.0534. The van der Waals surface area contributed by atoms with E-state index < -0.39 is 16.8 Å². The van der Waals surface area contributed by atoms with Crippen LogP contribution in [0.3, 0.4) is 0 Å². The Morgan fingerprint density at radius 2 is 1.96 bits per heavy atom. The SMILES string of the molecule is COC(=O)C1=CCC2C3(C)CCC(Br)C(C)(C(=O)O)C3CCC2(C=O)C(S)C1. The van der Waals surface area contributed by atoms with Crippen LogP contribution in [0.1, 0.15) is 52.4 Å². The van der Waals surface area contributed by atoms with Crippen LogP contribution in [-0.2, 0) is 19.1 Å². The van der Waals surface area contributed by atoms with E-state index in [0.717, 1.165) is 19.1 Å². The van der Waals surface area contributed by atoms with Gasteiger partial charge in [-0.2, -0.15) is 12.6 Å². The lowest BCUT2D eigenvalue weighted by Gasteiger charge is -2.63. The maximum atomic E-state index is 12.5. The lowest BCUT2D eigenvalue weighted by molar-refractivity contribution is -0.175. The molecular weight excluding hydrogens is 444 g/mol. The van der Waals surface area contributed by atoms with Crippen LogP contribution in [0.4, 0.5) is 0 Å². The number of carboxylic acid groups (broad SMARTS) is 1. The van der Waals surface area contributed by atoms with Crippen molar-refractivity contribution < 1.29 is 24.2 Å². The molecule has 0 aromatic carbocycles. The van der Waals surface area contributed by atoms with Crippen molar-refractivity contribution in [3.63, 3.8) is 0 Å². The minimum atomic E-state index is -0.894. The molecule has 0 aliphatic heterocycles. The maximum Gasteiger partial charge on any atom is 0.333 e. The van der Waals surface area contributed by atoms with Crippen LogP contribution in [-0.4, -0.2) is 40.5 Å². The number of fused-ring (bicyclic) bond motifs is 3. The van der Waals surface area contributed by atoms with Gasteiger partial charge in [-0.3, -0.25) is 4.79 Å². The van der Waals surface area contributed by atoms with Gasteiger partial charge in [-0.15, -0.1) is 0 Å². The molecule has 0 aromatic rings. The number of carbonyl (C=O) groups excluding carboxylic acids is 2. The molecule has 2 fully saturated rings. The predicted molar refractivity (Wildman–Crippen MR) is 113 cm³/mol. The summed E-state index contributed by atoms with van der Waals surface area (Å²) in [5, 5.41) is 9.81. The predicted octanol–water partition coefficient (Wildman–Crippen LogP) is 4.04. The average molecular weight is 473 g/mol. The number of thiol groups is 1. The summed E-state index contributed by atoms with van der Waals surface area (Å²) < 4.78 is 4.91. The van der Waals surface area contributed by atoms with Crippen LogP contribution in [0.5, 0.6) is 0 Å². The molecule has 0 radical (unpaired) electrons. The van der Waals surface area contributed by atoms with Crippen molar-refractivity contribution in [2.45, 2.75) is 62.4 Å². The second-order valence-electron chi connectivity index (χ2n) is 9.15. The molecule has 2 saturated carbocycles. The number of carboxylic acids is 1. The molecule has 3 rings (SSSR count). The summed E-state index contributed by atoms with van der Waals surface area (Å²) in [6.45, 7) is 3.99. The molecule has 5 nitrogen and oxygen atoms in total. The average Bonchev–Trinajstić information content (AvgIpc) is 2.82. The van der Waals surface area contributed by atoms with Crippen molar-refractivity contribution in [3.8, 4) is 0 Å². The molecule has 7 heteroatoms. The van der Waals surface area contributed by atoms with Crippen molar-refractivity contribution in [1.29, 1.82) is 0 Å². The molecule has 0 bridgehead atoms. The zero-order valence-electron chi connectivity index (χ0n) is 16.6. The van der Waals surface area contributed by atoms with E-state index in [2.05, 4.69) is 22.9 Å². The van der Waals surface area contributed by atoms with Gasteiger partial charge >= 0.3 is 11.9 Å². The van der Waals surface area contributed by atoms with Crippen molar-refractivity contribution >= 4 is 46.8 Å². The number of allylic oxidation sites excluding steroid dienone is 1. The molecule has 0 aromatic heterocycles. The normalized spacial score (nSPS) is 45.7. The Morgan fingerprint density at radius 3 is 2.54 bits per heavy atom. The molecule has 156 valence electrons. The van der Waals surface area contributed by atoms with Gasteiger partial charge in [0.1, 0.15) is 6.29 Å². The summed E-state index contributed by atoms with van der Waals surface area (Å²) in [4.78, 5) is 36.9. The largest absolute Gasteiger partial charge is 0.481 e. The fraction of sp³-hybridized carbons (Fsp3) is 0.762. The first-order valence-electron chi connectivity index (χ1n) is 9.87. The Morgan fingerprint density at radius 1 is 1.29 bits per heavy atom. The van der Waals surface area contributed by atoms with Gasteiger partial charge in [0, 0.05) is 21.1 Å². The number of hydrogen-bond acceptors (Lipinski definition) is 5. The molecule has 7 atom stereocenters. The van der Waals surface area contributed by atoms with Gasteiger partial charge < -0.3 is 14.6 Å². The number of alkyl halides is 1. The number of rotatable bonds is 3. The second-order valence-corrected chi connectivity index (χ2v) is 10.9. The number of ether oxygens (including phenoxy) is 1. The molecule has 3 aliphatic rings. The quantitative estimate of drug-likeness (QED) is 0.280. The van der Waals surface area contributed by atoms with Gasteiger partial charge in [0.25, 0.3) is 0 Å². The molecule has 0 saturated heterocycles. The number of carbonyl (C=O) groups is 3. The maximum absolute atomic E-state index is 12.5. The van der Waals surface area contributed by atoms with E-state index in [-0.39, 0.29) is 33.3 Å². The van der Waals surface area contributed by atoms with Crippen LogP contribution in [0.25, 0.3) is 0 Å².